The molecule has 5 rings (SSSR count). The fourth-order valence-corrected chi connectivity index (χ4v) is 5.39. The summed E-state index contributed by atoms with van der Waals surface area (Å²) < 4.78 is 16.3. The summed E-state index contributed by atoms with van der Waals surface area (Å²) in [6.45, 7) is 1.88. The Hall–Kier alpha value is -2.91. The van der Waals surface area contributed by atoms with Crippen molar-refractivity contribution in [3.63, 3.8) is 0 Å². The molecule has 3 amide bonds. The van der Waals surface area contributed by atoms with Gasteiger partial charge < -0.3 is 19.1 Å². The van der Waals surface area contributed by atoms with Crippen LogP contribution in [0.4, 0.5) is 0 Å². The van der Waals surface area contributed by atoms with Crippen molar-refractivity contribution in [2.45, 2.75) is 6.42 Å². The monoisotopic (exact) mass is 473 g/mol. The number of halogens is 1. The second kappa shape index (κ2) is 8.79. The Labute approximate surface area is 195 Å². The molecule has 9 nitrogen and oxygen atoms in total. The Kier molecular flexibility index (Phi) is 5.84. The quantitative estimate of drug-likeness (QED) is 0.354. The SMILES string of the molecule is COc1cc(C=NN2C(=O)[C@@H]3[C@H](C2=O)[C@H]2C=C[C@H]3C2)cc(Cl)c1OCC(=O)N1CCOCC1. The van der Waals surface area contributed by atoms with Gasteiger partial charge in [0, 0.05) is 13.1 Å². The maximum absolute atomic E-state index is 12.8. The second-order valence-corrected chi connectivity index (χ2v) is 8.96. The molecule has 0 unspecified atom stereocenters. The second-order valence-electron chi connectivity index (χ2n) is 8.55. The summed E-state index contributed by atoms with van der Waals surface area (Å²) in [5.74, 6) is -0.464. The predicted molar refractivity (Wildman–Crippen MR) is 118 cm³/mol. The molecular formula is C23H24ClN3O6. The number of benzene rings is 1. The molecule has 0 radical (unpaired) electrons. The van der Waals surface area contributed by atoms with Crippen molar-refractivity contribution in [1.29, 1.82) is 0 Å². The summed E-state index contributed by atoms with van der Waals surface area (Å²) in [5, 5.41) is 5.38. The van der Waals surface area contributed by atoms with Gasteiger partial charge in [-0.25, -0.2) is 0 Å². The van der Waals surface area contributed by atoms with Gasteiger partial charge in [0.25, 0.3) is 17.7 Å². The van der Waals surface area contributed by atoms with Crippen molar-refractivity contribution in [3.05, 3.63) is 34.9 Å². The van der Waals surface area contributed by atoms with Crippen molar-refractivity contribution < 1.29 is 28.6 Å². The van der Waals surface area contributed by atoms with E-state index in [9.17, 15) is 14.4 Å². The zero-order valence-corrected chi connectivity index (χ0v) is 18.9. The number of rotatable bonds is 6. The lowest BCUT2D eigenvalue weighted by Gasteiger charge is -2.26. The molecule has 0 N–H and O–H groups in total. The third-order valence-corrected chi connectivity index (χ3v) is 7.01. The Balaban J connectivity index is 1.28. The highest BCUT2D eigenvalue weighted by Gasteiger charge is 2.59. The smallest absolute Gasteiger partial charge is 0.260 e. The summed E-state index contributed by atoms with van der Waals surface area (Å²) in [4.78, 5) is 39.6. The first-order valence-electron chi connectivity index (χ1n) is 10.9. The number of hydrogen-bond acceptors (Lipinski definition) is 7. The topological polar surface area (TPSA) is 97.7 Å². The van der Waals surface area contributed by atoms with Crippen LogP contribution in [-0.2, 0) is 19.1 Å². The number of methoxy groups -OCH3 is 1. The average Bonchev–Trinajstić information content (AvgIpc) is 3.51. The van der Waals surface area contributed by atoms with Crippen molar-refractivity contribution in [2.75, 3.05) is 40.0 Å². The summed E-state index contributed by atoms with van der Waals surface area (Å²) in [6, 6.07) is 3.21. The molecule has 3 fully saturated rings. The molecule has 10 heteroatoms. The van der Waals surface area contributed by atoms with E-state index in [0.29, 0.717) is 37.6 Å². The lowest BCUT2D eigenvalue weighted by molar-refractivity contribution is -0.140. The van der Waals surface area contributed by atoms with Crippen LogP contribution < -0.4 is 9.47 Å². The Morgan fingerprint density at radius 2 is 1.85 bits per heavy atom. The molecule has 4 atom stereocenters. The van der Waals surface area contributed by atoms with Crippen LogP contribution in [0.2, 0.25) is 5.02 Å². The van der Waals surface area contributed by atoms with E-state index >= 15 is 0 Å². The van der Waals surface area contributed by atoms with Crippen LogP contribution in [0.3, 0.4) is 0 Å². The third-order valence-electron chi connectivity index (χ3n) is 6.72. The largest absolute Gasteiger partial charge is 0.493 e. The number of amides is 3. The van der Waals surface area contributed by atoms with Gasteiger partial charge in [-0.05, 0) is 36.0 Å². The van der Waals surface area contributed by atoms with Crippen LogP contribution in [0.15, 0.2) is 29.4 Å². The van der Waals surface area contributed by atoms with Gasteiger partial charge >= 0.3 is 0 Å². The first-order valence-corrected chi connectivity index (χ1v) is 11.3. The number of fused-ring (bicyclic) bond motifs is 5. The summed E-state index contributed by atoms with van der Waals surface area (Å²) in [5.41, 5.74) is 0.530. The van der Waals surface area contributed by atoms with Gasteiger partial charge in [0.2, 0.25) is 0 Å². The van der Waals surface area contributed by atoms with Gasteiger partial charge in [-0.15, -0.1) is 0 Å². The summed E-state index contributed by atoms with van der Waals surface area (Å²) in [6.07, 6.45) is 6.35. The van der Waals surface area contributed by atoms with Crippen molar-refractivity contribution in [3.8, 4) is 11.5 Å². The van der Waals surface area contributed by atoms with Crippen LogP contribution in [0.5, 0.6) is 11.5 Å². The molecule has 1 aromatic carbocycles. The van der Waals surface area contributed by atoms with E-state index in [1.165, 1.54) is 13.3 Å². The maximum atomic E-state index is 12.8. The van der Waals surface area contributed by atoms with Gasteiger partial charge in [0.15, 0.2) is 18.1 Å². The van der Waals surface area contributed by atoms with Crippen LogP contribution in [-0.4, -0.2) is 73.9 Å². The Bertz CT molecular complexity index is 1020. The van der Waals surface area contributed by atoms with E-state index in [4.69, 9.17) is 25.8 Å². The average molecular weight is 474 g/mol. The minimum Gasteiger partial charge on any atom is -0.493 e. The zero-order valence-electron chi connectivity index (χ0n) is 18.1. The zero-order chi connectivity index (χ0) is 23.1. The first kappa shape index (κ1) is 21.9. The number of allylic oxidation sites excluding steroid dienone is 2. The number of imide groups is 1. The van der Waals surface area contributed by atoms with Gasteiger partial charge in [0.05, 0.1) is 43.4 Å². The van der Waals surface area contributed by atoms with E-state index in [-0.39, 0.29) is 58.8 Å². The van der Waals surface area contributed by atoms with E-state index in [1.807, 2.05) is 12.2 Å². The number of hydrogen-bond donors (Lipinski definition) is 0. The van der Waals surface area contributed by atoms with Crippen LogP contribution >= 0.6 is 11.6 Å². The molecule has 174 valence electrons. The molecule has 2 aliphatic heterocycles. The lowest BCUT2D eigenvalue weighted by atomic mass is 9.85. The highest BCUT2D eigenvalue weighted by Crippen LogP contribution is 2.52. The highest BCUT2D eigenvalue weighted by molar-refractivity contribution is 6.32. The number of hydrazone groups is 1. The molecule has 4 aliphatic rings. The highest BCUT2D eigenvalue weighted by atomic mass is 35.5. The lowest BCUT2D eigenvalue weighted by Crippen LogP contribution is -2.43. The van der Waals surface area contributed by atoms with Crippen molar-refractivity contribution in [1.82, 2.24) is 9.91 Å². The minimum atomic E-state index is -0.303. The summed E-state index contributed by atoms with van der Waals surface area (Å²) >= 11 is 6.39. The molecule has 1 aromatic rings. The Morgan fingerprint density at radius 1 is 1.18 bits per heavy atom. The molecule has 2 bridgehead atoms. The Morgan fingerprint density at radius 3 is 2.48 bits per heavy atom. The molecule has 33 heavy (non-hydrogen) atoms. The number of morpholine rings is 1. The van der Waals surface area contributed by atoms with Gasteiger partial charge in [-0.1, -0.05) is 23.8 Å². The standard InChI is InChI=1S/C23H24ClN3O6/c1-31-17-9-13(8-16(24)21(17)33-12-18(28)26-4-6-32-7-5-26)11-25-27-22(29)19-14-2-3-15(10-14)20(19)23(27)30/h2-3,8-9,11,14-15,19-20H,4-7,10,12H2,1H3/t14-,15-,19-,20+/m0/s1. The molecule has 2 saturated heterocycles. The predicted octanol–water partition coefficient (Wildman–Crippen LogP) is 1.73. The van der Waals surface area contributed by atoms with Crippen LogP contribution in [0.1, 0.15) is 12.0 Å². The maximum Gasteiger partial charge on any atom is 0.260 e. The van der Waals surface area contributed by atoms with E-state index < -0.39 is 0 Å². The molecule has 1 saturated carbocycles. The summed E-state index contributed by atoms with van der Waals surface area (Å²) in [7, 11) is 1.46. The number of carbonyl (C=O) groups is 3. The van der Waals surface area contributed by atoms with E-state index in [2.05, 4.69) is 5.10 Å². The van der Waals surface area contributed by atoms with Gasteiger partial charge in [-0.2, -0.15) is 10.1 Å². The van der Waals surface area contributed by atoms with E-state index in [1.54, 1.807) is 17.0 Å². The molecule has 0 aromatic heterocycles. The molecular weight excluding hydrogens is 450 g/mol. The molecule has 2 heterocycles. The number of nitrogens with zero attached hydrogens (tertiary/aromatic N) is 3. The van der Waals surface area contributed by atoms with Crippen molar-refractivity contribution in [2.24, 2.45) is 28.8 Å². The number of ether oxygens (including phenoxy) is 3. The number of carbonyl (C=O) groups excluding carboxylic acids is 3. The van der Waals surface area contributed by atoms with Crippen LogP contribution in [0, 0.1) is 23.7 Å². The van der Waals surface area contributed by atoms with Crippen LogP contribution in [0.25, 0.3) is 0 Å². The normalized spacial score (nSPS) is 28.2. The first-order chi connectivity index (χ1) is 16.0. The van der Waals surface area contributed by atoms with E-state index in [0.717, 1.165) is 11.4 Å². The van der Waals surface area contributed by atoms with Gasteiger partial charge in [0.1, 0.15) is 0 Å². The fraction of sp³-hybridized carbons (Fsp3) is 0.478. The van der Waals surface area contributed by atoms with Gasteiger partial charge in [-0.3, -0.25) is 14.4 Å². The fourth-order valence-electron chi connectivity index (χ4n) is 5.12. The molecule has 2 aliphatic carbocycles. The molecule has 0 spiro atoms. The third kappa shape index (κ3) is 3.89. The minimum absolute atomic E-state index is 0.128. The van der Waals surface area contributed by atoms with Crippen molar-refractivity contribution >= 4 is 35.5 Å².